The van der Waals surface area contributed by atoms with Crippen molar-refractivity contribution in [2.24, 2.45) is 0 Å². The van der Waals surface area contributed by atoms with E-state index in [4.69, 9.17) is 10.5 Å². The molecule has 0 saturated carbocycles. The van der Waals surface area contributed by atoms with E-state index in [1.54, 1.807) is 0 Å². The average Bonchev–Trinajstić information content (AvgIpc) is 2.52. The molecule has 130 valence electrons. The van der Waals surface area contributed by atoms with Gasteiger partial charge in [-0.15, -0.1) is 0 Å². The average molecular weight is 348 g/mol. The molecule has 0 spiro atoms. The summed E-state index contributed by atoms with van der Waals surface area (Å²) in [6.07, 6.45) is 0. The number of aromatic nitrogens is 1. The van der Waals surface area contributed by atoms with Crippen LogP contribution in [0.3, 0.4) is 0 Å². The lowest BCUT2D eigenvalue weighted by molar-refractivity contribution is 0.0695. The van der Waals surface area contributed by atoms with Crippen LogP contribution in [0.2, 0.25) is 0 Å². The van der Waals surface area contributed by atoms with Gasteiger partial charge in [0.05, 0.1) is 7.11 Å². The lowest BCUT2D eigenvalue weighted by Crippen LogP contribution is -2.30. The highest BCUT2D eigenvalue weighted by atomic mass is 16.5. The van der Waals surface area contributed by atoms with Crippen LogP contribution in [0.5, 0.6) is 5.75 Å². The van der Waals surface area contributed by atoms with Crippen molar-refractivity contribution < 1.29 is 34.6 Å². The van der Waals surface area contributed by atoms with E-state index in [9.17, 15) is 34.6 Å². The van der Waals surface area contributed by atoms with E-state index in [1.807, 2.05) is 4.98 Å². The summed E-state index contributed by atoms with van der Waals surface area (Å²) in [6.45, 7) is 0. The largest absolute Gasteiger partial charge is 0.496 e. The fourth-order valence-corrected chi connectivity index (χ4v) is 2.40. The van der Waals surface area contributed by atoms with Crippen LogP contribution in [-0.2, 0) is 0 Å². The van der Waals surface area contributed by atoms with Gasteiger partial charge >= 0.3 is 19.1 Å². The molecule has 10 nitrogen and oxygen atoms in total. The Bertz CT molecular complexity index is 922. The molecule has 0 radical (unpaired) electrons. The van der Waals surface area contributed by atoms with Crippen molar-refractivity contribution in [3.05, 3.63) is 39.7 Å². The van der Waals surface area contributed by atoms with Gasteiger partial charge in [0.15, 0.2) is 0 Å². The van der Waals surface area contributed by atoms with E-state index < -0.39 is 47.1 Å². The highest BCUT2D eigenvalue weighted by Gasteiger charge is 2.29. The molecule has 0 fully saturated rings. The SMILES string of the molecule is COc1ccc(B(O)O)cc1-c1c(C(=O)O)c(N)[nH]c(=O)c1C(=O)O. The normalized spacial score (nSPS) is 10.4. The van der Waals surface area contributed by atoms with Gasteiger partial charge in [0.2, 0.25) is 0 Å². The quantitative estimate of drug-likeness (QED) is 0.358. The molecular formula is C14H13BN2O8. The topological polar surface area (TPSA) is 183 Å². The van der Waals surface area contributed by atoms with Crippen molar-refractivity contribution in [2.75, 3.05) is 12.8 Å². The summed E-state index contributed by atoms with van der Waals surface area (Å²) in [7, 11) is -0.670. The first-order valence-electron chi connectivity index (χ1n) is 6.75. The number of carbonyl (C=O) groups is 2. The third-order valence-electron chi connectivity index (χ3n) is 3.46. The Morgan fingerprint density at radius 2 is 1.76 bits per heavy atom. The summed E-state index contributed by atoms with van der Waals surface area (Å²) >= 11 is 0. The number of aromatic carboxylic acids is 2. The maximum absolute atomic E-state index is 12.0. The summed E-state index contributed by atoms with van der Waals surface area (Å²) in [5.41, 5.74) is 2.22. The molecule has 1 aromatic heterocycles. The first kappa shape index (κ1) is 18.0. The van der Waals surface area contributed by atoms with Crippen molar-refractivity contribution in [2.45, 2.75) is 0 Å². The summed E-state index contributed by atoms with van der Waals surface area (Å²) in [5, 5.41) is 37.4. The van der Waals surface area contributed by atoms with Crippen LogP contribution >= 0.6 is 0 Å². The zero-order chi connectivity index (χ0) is 18.9. The van der Waals surface area contributed by atoms with E-state index in [1.165, 1.54) is 19.2 Å². The maximum Gasteiger partial charge on any atom is 0.488 e. The summed E-state index contributed by atoms with van der Waals surface area (Å²) in [5.74, 6) is -3.80. The Kier molecular flexibility index (Phi) is 4.81. The summed E-state index contributed by atoms with van der Waals surface area (Å²) in [6, 6.07) is 3.67. The molecule has 7 N–H and O–H groups in total. The molecule has 0 aliphatic rings. The van der Waals surface area contributed by atoms with E-state index in [0.29, 0.717) is 0 Å². The van der Waals surface area contributed by atoms with E-state index >= 15 is 0 Å². The number of benzene rings is 1. The van der Waals surface area contributed by atoms with Crippen LogP contribution in [0.4, 0.5) is 5.82 Å². The van der Waals surface area contributed by atoms with Gasteiger partial charge in [-0.25, -0.2) is 9.59 Å². The Labute approximate surface area is 140 Å². The third kappa shape index (κ3) is 3.18. The number of hydrogen-bond donors (Lipinski definition) is 6. The fourth-order valence-electron chi connectivity index (χ4n) is 2.40. The standard InChI is InChI=1S/C14H13BN2O8/c1-25-7-3-2-5(15(23)24)4-6(7)8-9(13(19)20)11(16)17-12(18)10(8)14(21)22/h2-4,23-24H,1H3,(H,19,20)(H,21,22)(H3,16,17,18). The number of pyridine rings is 1. The highest BCUT2D eigenvalue weighted by molar-refractivity contribution is 6.58. The lowest BCUT2D eigenvalue weighted by atomic mass is 9.78. The number of anilines is 1. The molecule has 2 rings (SSSR count). The molecule has 0 aliphatic heterocycles. The number of carboxylic acid groups (broad SMARTS) is 2. The Hall–Kier alpha value is -3.31. The Morgan fingerprint density at radius 1 is 1.16 bits per heavy atom. The van der Waals surface area contributed by atoms with Crippen molar-refractivity contribution >= 4 is 30.3 Å². The second-order valence-electron chi connectivity index (χ2n) is 4.94. The first-order chi connectivity index (χ1) is 11.7. The van der Waals surface area contributed by atoms with Crippen molar-refractivity contribution in [3.63, 3.8) is 0 Å². The number of carboxylic acids is 2. The van der Waals surface area contributed by atoms with Crippen LogP contribution < -0.4 is 21.5 Å². The molecule has 0 saturated heterocycles. The molecule has 11 heteroatoms. The van der Waals surface area contributed by atoms with Crippen LogP contribution in [0.1, 0.15) is 20.7 Å². The minimum Gasteiger partial charge on any atom is -0.496 e. The van der Waals surface area contributed by atoms with Gasteiger partial charge in [0.25, 0.3) is 5.56 Å². The summed E-state index contributed by atoms with van der Waals surface area (Å²) in [4.78, 5) is 37.1. The number of methoxy groups -OCH3 is 1. The lowest BCUT2D eigenvalue weighted by Gasteiger charge is -2.16. The number of rotatable bonds is 5. The van der Waals surface area contributed by atoms with Gasteiger partial charge in [-0.3, -0.25) is 4.79 Å². The Morgan fingerprint density at radius 3 is 2.24 bits per heavy atom. The van der Waals surface area contributed by atoms with Crippen molar-refractivity contribution in [1.82, 2.24) is 4.98 Å². The monoisotopic (exact) mass is 348 g/mol. The zero-order valence-electron chi connectivity index (χ0n) is 12.8. The molecule has 0 aliphatic carbocycles. The van der Waals surface area contributed by atoms with Gasteiger partial charge in [0.1, 0.15) is 22.7 Å². The predicted octanol–water partition coefficient (Wildman–Crippen LogP) is -1.29. The molecule has 0 bridgehead atoms. The van der Waals surface area contributed by atoms with Gasteiger partial charge in [-0.2, -0.15) is 0 Å². The smallest absolute Gasteiger partial charge is 0.488 e. The predicted molar refractivity (Wildman–Crippen MR) is 87.2 cm³/mol. The van der Waals surface area contributed by atoms with Crippen LogP contribution in [0.25, 0.3) is 11.1 Å². The number of hydrogen-bond acceptors (Lipinski definition) is 7. The third-order valence-corrected chi connectivity index (χ3v) is 3.46. The maximum atomic E-state index is 12.0. The molecule has 0 atom stereocenters. The minimum absolute atomic E-state index is 0.0133. The minimum atomic E-state index is -1.91. The van der Waals surface area contributed by atoms with Gasteiger partial charge < -0.3 is 35.7 Å². The molecule has 1 heterocycles. The molecule has 0 unspecified atom stereocenters. The fraction of sp³-hybridized carbons (Fsp3) is 0.0714. The van der Waals surface area contributed by atoms with E-state index in [2.05, 4.69) is 0 Å². The van der Waals surface area contributed by atoms with Crippen LogP contribution in [0.15, 0.2) is 23.0 Å². The second-order valence-corrected chi connectivity index (χ2v) is 4.94. The summed E-state index contributed by atoms with van der Waals surface area (Å²) < 4.78 is 5.08. The molecule has 2 aromatic rings. The van der Waals surface area contributed by atoms with Gasteiger partial charge in [-0.1, -0.05) is 12.1 Å². The van der Waals surface area contributed by atoms with Crippen molar-refractivity contribution in [3.8, 4) is 16.9 Å². The number of nitrogens with one attached hydrogen (secondary N) is 1. The molecule has 1 aromatic carbocycles. The Balaban J connectivity index is 3.05. The van der Waals surface area contributed by atoms with Gasteiger partial charge in [0, 0.05) is 11.1 Å². The van der Waals surface area contributed by atoms with Gasteiger partial charge in [-0.05, 0) is 11.5 Å². The van der Waals surface area contributed by atoms with E-state index in [-0.39, 0.29) is 16.8 Å². The highest BCUT2D eigenvalue weighted by Crippen LogP contribution is 2.35. The van der Waals surface area contributed by atoms with Crippen LogP contribution in [0, 0.1) is 0 Å². The number of ether oxygens (including phenoxy) is 1. The van der Waals surface area contributed by atoms with E-state index in [0.717, 1.165) is 6.07 Å². The number of H-pyrrole nitrogens is 1. The first-order valence-corrected chi connectivity index (χ1v) is 6.75. The molecular weight excluding hydrogens is 335 g/mol. The second kappa shape index (κ2) is 6.67. The number of nitrogen functional groups attached to an aromatic ring is 1. The van der Waals surface area contributed by atoms with Crippen molar-refractivity contribution in [1.29, 1.82) is 0 Å². The van der Waals surface area contributed by atoms with Crippen LogP contribution in [-0.4, -0.2) is 51.4 Å². The molecule has 25 heavy (non-hydrogen) atoms. The number of aromatic amines is 1. The zero-order valence-corrected chi connectivity index (χ0v) is 12.8. The number of nitrogens with two attached hydrogens (primary N) is 1. The molecule has 0 amide bonds.